The van der Waals surface area contributed by atoms with E-state index in [0.717, 1.165) is 89.9 Å². The number of carbonyl (C=O) groups is 3. The van der Waals surface area contributed by atoms with Crippen molar-refractivity contribution in [2.24, 2.45) is 0 Å². The van der Waals surface area contributed by atoms with E-state index in [1.807, 2.05) is 0 Å². The molecule has 0 fully saturated rings. The molecule has 0 aliphatic rings. The summed E-state index contributed by atoms with van der Waals surface area (Å²) in [5, 5.41) is 0. The van der Waals surface area contributed by atoms with Crippen LogP contribution in [0, 0.1) is 0 Å². The molecule has 0 aromatic rings. The van der Waals surface area contributed by atoms with Gasteiger partial charge < -0.3 is 14.2 Å². The standard InChI is InChI=1S/C76H136O6/c1-4-7-10-13-16-19-22-24-26-28-30-32-33-34-35-36-37-38-39-40-41-42-43-45-46-48-50-52-54-57-60-63-66-69-75(78)81-72-73(71-80-74(77)68-65-62-59-56-21-18-15-12-9-6-3)82-76(79)70-67-64-61-58-55-53-51-49-47-44-31-29-27-25-23-20-17-14-11-8-5-2/h22-25,28-31,33-34,47,49,73H,4-21,26-27,32,35-46,48,50-72H2,1-3H3/b24-22-,25-23-,30-28-,31-29-,34-33-,49-47-. The molecule has 0 amide bonds. The van der Waals surface area contributed by atoms with Crippen molar-refractivity contribution < 1.29 is 28.6 Å². The minimum atomic E-state index is -0.780. The van der Waals surface area contributed by atoms with E-state index in [0.29, 0.717) is 19.3 Å². The Balaban J connectivity index is 4.13. The summed E-state index contributed by atoms with van der Waals surface area (Å²) in [6, 6.07) is 0. The second kappa shape index (κ2) is 70.3. The molecular weight excluding hydrogens is 1010 g/mol. The van der Waals surface area contributed by atoms with Gasteiger partial charge >= 0.3 is 17.9 Å². The molecule has 82 heavy (non-hydrogen) atoms. The first-order valence-corrected chi connectivity index (χ1v) is 35.9. The van der Waals surface area contributed by atoms with Crippen molar-refractivity contribution in [3.8, 4) is 0 Å². The van der Waals surface area contributed by atoms with Crippen molar-refractivity contribution >= 4 is 17.9 Å². The van der Waals surface area contributed by atoms with Gasteiger partial charge in [0.05, 0.1) is 0 Å². The molecule has 0 heterocycles. The smallest absolute Gasteiger partial charge is 0.306 e. The van der Waals surface area contributed by atoms with E-state index >= 15 is 0 Å². The van der Waals surface area contributed by atoms with Crippen LogP contribution in [0.3, 0.4) is 0 Å². The Morgan fingerprint density at radius 1 is 0.244 bits per heavy atom. The molecule has 0 aromatic carbocycles. The van der Waals surface area contributed by atoms with E-state index < -0.39 is 6.10 Å². The van der Waals surface area contributed by atoms with Crippen LogP contribution in [0.15, 0.2) is 72.9 Å². The van der Waals surface area contributed by atoms with Crippen molar-refractivity contribution in [2.75, 3.05) is 13.2 Å². The molecule has 0 bridgehead atoms. The number of unbranched alkanes of at least 4 members (excludes halogenated alkanes) is 43. The van der Waals surface area contributed by atoms with Gasteiger partial charge in [-0.3, -0.25) is 14.4 Å². The number of hydrogen-bond donors (Lipinski definition) is 0. The summed E-state index contributed by atoms with van der Waals surface area (Å²) in [5.74, 6) is -0.871. The molecule has 0 aliphatic carbocycles. The summed E-state index contributed by atoms with van der Waals surface area (Å²) in [4.78, 5) is 38.3. The number of esters is 3. The molecule has 0 rings (SSSR count). The number of ether oxygens (including phenoxy) is 3. The Labute approximate surface area is 510 Å². The zero-order valence-electron chi connectivity index (χ0n) is 54.8. The highest BCUT2D eigenvalue weighted by Gasteiger charge is 2.19. The molecule has 0 saturated carbocycles. The van der Waals surface area contributed by atoms with Gasteiger partial charge in [0.15, 0.2) is 6.10 Å². The predicted octanol–water partition coefficient (Wildman–Crippen LogP) is 24.8. The fourth-order valence-electron chi connectivity index (χ4n) is 10.5. The van der Waals surface area contributed by atoms with Gasteiger partial charge in [0.25, 0.3) is 0 Å². The Kier molecular flexibility index (Phi) is 67.6. The quantitative estimate of drug-likeness (QED) is 0.0261. The summed E-state index contributed by atoms with van der Waals surface area (Å²) in [6.45, 7) is 6.64. The van der Waals surface area contributed by atoms with Gasteiger partial charge in [-0.2, -0.15) is 0 Å². The molecule has 1 atom stereocenters. The maximum Gasteiger partial charge on any atom is 0.306 e. The topological polar surface area (TPSA) is 78.9 Å². The zero-order chi connectivity index (χ0) is 59.2. The molecule has 6 nitrogen and oxygen atoms in total. The van der Waals surface area contributed by atoms with E-state index in [1.54, 1.807) is 0 Å². The minimum Gasteiger partial charge on any atom is -0.462 e. The van der Waals surface area contributed by atoms with Gasteiger partial charge in [-0.05, 0) is 96.3 Å². The minimum absolute atomic E-state index is 0.0763. The number of allylic oxidation sites excluding steroid dienone is 12. The molecule has 0 radical (unpaired) electrons. The van der Waals surface area contributed by atoms with Gasteiger partial charge in [-0.1, -0.05) is 331 Å². The molecule has 6 heteroatoms. The zero-order valence-corrected chi connectivity index (χ0v) is 54.8. The third-order valence-corrected chi connectivity index (χ3v) is 15.9. The summed E-state index contributed by atoms with van der Waals surface area (Å²) < 4.78 is 16.9. The SMILES string of the molecule is CCCCCCC/C=C\C/C=C\C/C=C\CCCCCCCCCCCCCCCCCCCCC(=O)OCC(COC(=O)CCCCCCCCCCCC)OC(=O)CCCCCCCC/C=C\C/C=C\C/C=C\CCCCCCC. The van der Waals surface area contributed by atoms with Crippen LogP contribution in [0.25, 0.3) is 0 Å². The van der Waals surface area contributed by atoms with Crippen LogP contribution < -0.4 is 0 Å². The van der Waals surface area contributed by atoms with Gasteiger partial charge in [0.2, 0.25) is 0 Å². The third kappa shape index (κ3) is 67.6. The maximum atomic E-state index is 12.9. The maximum absolute atomic E-state index is 12.9. The Morgan fingerprint density at radius 3 is 0.683 bits per heavy atom. The van der Waals surface area contributed by atoms with Crippen LogP contribution in [-0.4, -0.2) is 37.2 Å². The second-order valence-corrected chi connectivity index (χ2v) is 24.1. The molecule has 1 unspecified atom stereocenters. The molecule has 0 aromatic heterocycles. The van der Waals surface area contributed by atoms with E-state index in [4.69, 9.17) is 14.2 Å². The van der Waals surface area contributed by atoms with Crippen LogP contribution in [0.4, 0.5) is 0 Å². The highest BCUT2D eigenvalue weighted by Crippen LogP contribution is 2.18. The number of rotatable bonds is 66. The summed E-state index contributed by atoms with van der Waals surface area (Å²) >= 11 is 0. The summed E-state index contributed by atoms with van der Waals surface area (Å²) in [7, 11) is 0. The van der Waals surface area contributed by atoms with Crippen molar-refractivity contribution in [2.45, 2.75) is 380 Å². The fourth-order valence-corrected chi connectivity index (χ4v) is 10.5. The first kappa shape index (κ1) is 78.8. The average Bonchev–Trinajstić information content (AvgIpc) is 3.48. The fraction of sp³-hybridized carbons (Fsp3) is 0.803. The van der Waals surface area contributed by atoms with E-state index in [1.165, 1.54) is 244 Å². The van der Waals surface area contributed by atoms with E-state index in [9.17, 15) is 14.4 Å². The second-order valence-electron chi connectivity index (χ2n) is 24.1. The van der Waals surface area contributed by atoms with Gasteiger partial charge in [-0.25, -0.2) is 0 Å². The summed E-state index contributed by atoms with van der Waals surface area (Å²) in [5.41, 5.74) is 0. The number of carbonyl (C=O) groups excluding carboxylic acids is 3. The highest BCUT2D eigenvalue weighted by atomic mass is 16.6. The van der Waals surface area contributed by atoms with Crippen molar-refractivity contribution in [3.05, 3.63) is 72.9 Å². The van der Waals surface area contributed by atoms with Gasteiger partial charge in [0, 0.05) is 19.3 Å². The predicted molar refractivity (Wildman–Crippen MR) is 358 cm³/mol. The highest BCUT2D eigenvalue weighted by molar-refractivity contribution is 5.71. The largest absolute Gasteiger partial charge is 0.462 e. The first-order valence-electron chi connectivity index (χ1n) is 35.9. The lowest BCUT2D eigenvalue weighted by molar-refractivity contribution is -0.167. The van der Waals surface area contributed by atoms with Crippen molar-refractivity contribution in [3.63, 3.8) is 0 Å². The molecule has 0 spiro atoms. The van der Waals surface area contributed by atoms with Crippen molar-refractivity contribution in [1.82, 2.24) is 0 Å². The molecule has 0 saturated heterocycles. The van der Waals surface area contributed by atoms with Gasteiger partial charge in [-0.15, -0.1) is 0 Å². The van der Waals surface area contributed by atoms with Crippen LogP contribution in [0.5, 0.6) is 0 Å². The molecule has 0 aliphatic heterocycles. The van der Waals surface area contributed by atoms with Crippen LogP contribution in [0.2, 0.25) is 0 Å². The summed E-state index contributed by atoms with van der Waals surface area (Å²) in [6.07, 6.45) is 92.3. The lowest BCUT2D eigenvalue weighted by atomic mass is 10.0. The van der Waals surface area contributed by atoms with E-state index in [2.05, 4.69) is 93.7 Å². The lowest BCUT2D eigenvalue weighted by Gasteiger charge is -2.18. The van der Waals surface area contributed by atoms with Crippen LogP contribution in [-0.2, 0) is 28.6 Å². The lowest BCUT2D eigenvalue weighted by Crippen LogP contribution is -2.30. The Bertz CT molecular complexity index is 1500. The average molecular weight is 1150 g/mol. The molecular formula is C76H136O6. The first-order chi connectivity index (χ1) is 40.5. The van der Waals surface area contributed by atoms with Crippen LogP contribution >= 0.6 is 0 Å². The molecule has 0 N–H and O–H groups in total. The van der Waals surface area contributed by atoms with Crippen molar-refractivity contribution in [1.29, 1.82) is 0 Å². The number of hydrogen-bond acceptors (Lipinski definition) is 6. The monoisotopic (exact) mass is 1150 g/mol. The third-order valence-electron chi connectivity index (χ3n) is 15.9. The Hall–Kier alpha value is -3.15. The normalized spacial score (nSPS) is 12.5. The van der Waals surface area contributed by atoms with Crippen LogP contribution in [0.1, 0.15) is 374 Å². The van der Waals surface area contributed by atoms with E-state index in [-0.39, 0.29) is 31.1 Å². The Morgan fingerprint density at radius 2 is 0.439 bits per heavy atom. The van der Waals surface area contributed by atoms with Gasteiger partial charge in [0.1, 0.15) is 13.2 Å². The molecule has 476 valence electrons.